The molecule has 3 aromatic rings. The number of hydrogen-bond donors (Lipinski definition) is 2. The van der Waals surface area contributed by atoms with Crippen molar-refractivity contribution < 1.29 is 8.78 Å². The first kappa shape index (κ1) is 14.6. The van der Waals surface area contributed by atoms with Crippen LogP contribution in [0.5, 0.6) is 0 Å². The fourth-order valence-electron chi connectivity index (χ4n) is 2.24. The molecule has 2 nitrogen and oxygen atoms in total. The number of nitrogens with one attached hydrogen (secondary N) is 1. The van der Waals surface area contributed by atoms with E-state index in [1.165, 1.54) is 23.5 Å². The van der Waals surface area contributed by atoms with Gasteiger partial charge in [0.25, 0.3) is 0 Å². The van der Waals surface area contributed by atoms with Crippen LogP contribution in [0.3, 0.4) is 0 Å². The topological polar surface area (TPSA) is 38.0 Å². The van der Waals surface area contributed by atoms with E-state index < -0.39 is 6.04 Å². The molecule has 0 bridgehead atoms. The summed E-state index contributed by atoms with van der Waals surface area (Å²) in [6, 6.07) is 11.0. The van der Waals surface area contributed by atoms with Crippen molar-refractivity contribution in [2.45, 2.75) is 6.04 Å². The van der Waals surface area contributed by atoms with Gasteiger partial charge in [0.1, 0.15) is 11.6 Å². The molecule has 21 heavy (non-hydrogen) atoms. The smallest absolute Gasteiger partial charge is 0.142 e. The van der Waals surface area contributed by atoms with Crippen LogP contribution in [0.1, 0.15) is 16.5 Å². The summed E-state index contributed by atoms with van der Waals surface area (Å²) in [4.78, 5) is 0.829. The molecular formula is C15H11BrF2N2S. The maximum Gasteiger partial charge on any atom is 0.142 e. The second kappa shape index (κ2) is 5.81. The third kappa shape index (κ3) is 2.72. The highest BCUT2D eigenvalue weighted by Gasteiger charge is 2.20. The van der Waals surface area contributed by atoms with Crippen LogP contribution in [0.2, 0.25) is 0 Å². The van der Waals surface area contributed by atoms with Crippen molar-refractivity contribution in [3.8, 4) is 0 Å². The summed E-state index contributed by atoms with van der Waals surface area (Å²) in [6.45, 7) is 0. The molecule has 1 atom stereocenters. The van der Waals surface area contributed by atoms with Gasteiger partial charge in [-0.2, -0.15) is 0 Å². The Bertz CT molecular complexity index is 803. The predicted octanol–water partition coefficient (Wildman–Crippen LogP) is 4.49. The monoisotopic (exact) mass is 368 g/mol. The van der Waals surface area contributed by atoms with Gasteiger partial charge in [-0.1, -0.05) is 18.2 Å². The Kier molecular flexibility index (Phi) is 4.03. The molecule has 0 amide bonds. The quantitative estimate of drug-likeness (QED) is 0.527. The molecule has 0 aliphatic rings. The molecular weight excluding hydrogens is 358 g/mol. The zero-order valence-corrected chi connectivity index (χ0v) is 13.1. The molecule has 0 saturated heterocycles. The van der Waals surface area contributed by atoms with Gasteiger partial charge in [-0.3, -0.25) is 5.84 Å². The van der Waals surface area contributed by atoms with E-state index >= 15 is 0 Å². The van der Waals surface area contributed by atoms with Crippen molar-refractivity contribution in [3.63, 3.8) is 0 Å². The summed E-state index contributed by atoms with van der Waals surface area (Å²) in [5.41, 5.74) is 3.08. The fraction of sp³-hybridized carbons (Fsp3) is 0.0667. The van der Waals surface area contributed by atoms with E-state index in [1.54, 1.807) is 24.3 Å². The Morgan fingerprint density at radius 3 is 2.71 bits per heavy atom. The Hall–Kier alpha value is -1.34. The maximum absolute atomic E-state index is 14.2. The van der Waals surface area contributed by atoms with Crippen LogP contribution in [-0.2, 0) is 0 Å². The first-order valence-electron chi connectivity index (χ1n) is 6.19. The minimum Gasteiger partial charge on any atom is -0.271 e. The predicted molar refractivity (Wildman–Crippen MR) is 85.0 cm³/mol. The summed E-state index contributed by atoms with van der Waals surface area (Å²) < 4.78 is 28.7. The Balaban J connectivity index is 2.11. The molecule has 108 valence electrons. The standard InChI is InChI=1S/C15H11BrF2N2S/c16-11-3-1-2-10(14(11)18)15(20-19)13-6-8-4-5-9(17)7-12(8)21-13/h1-7,15,20H,19H2. The SMILES string of the molecule is NNC(c1cc2ccc(F)cc2s1)c1cccc(Br)c1F. The van der Waals surface area contributed by atoms with E-state index in [4.69, 9.17) is 5.84 Å². The molecule has 6 heteroatoms. The van der Waals surface area contributed by atoms with Gasteiger partial charge in [-0.05, 0) is 45.6 Å². The molecule has 0 saturated carbocycles. The van der Waals surface area contributed by atoms with Crippen molar-refractivity contribution >= 4 is 37.4 Å². The van der Waals surface area contributed by atoms with Crippen molar-refractivity contribution in [1.29, 1.82) is 0 Å². The van der Waals surface area contributed by atoms with E-state index in [9.17, 15) is 8.78 Å². The van der Waals surface area contributed by atoms with Gasteiger partial charge < -0.3 is 0 Å². The van der Waals surface area contributed by atoms with Gasteiger partial charge in [0.2, 0.25) is 0 Å². The highest BCUT2D eigenvalue weighted by molar-refractivity contribution is 9.10. The number of hydrogen-bond acceptors (Lipinski definition) is 3. The van der Waals surface area contributed by atoms with E-state index in [1.807, 2.05) is 6.07 Å². The average molecular weight is 369 g/mol. The zero-order valence-electron chi connectivity index (χ0n) is 10.7. The van der Waals surface area contributed by atoms with E-state index in [-0.39, 0.29) is 11.6 Å². The number of thiophene rings is 1. The largest absolute Gasteiger partial charge is 0.271 e. The van der Waals surface area contributed by atoms with E-state index in [2.05, 4.69) is 21.4 Å². The second-order valence-corrected chi connectivity index (χ2v) is 6.54. The highest BCUT2D eigenvalue weighted by Crippen LogP contribution is 2.35. The number of benzene rings is 2. The molecule has 1 aromatic heterocycles. The molecule has 2 aromatic carbocycles. The molecule has 1 heterocycles. The van der Waals surface area contributed by atoms with Crippen LogP contribution in [0.4, 0.5) is 8.78 Å². The number of nitrogens with two attached hydrogens (primary N) is 1. The van der Waals surface area contributed by atoms with Crippen LogP contribution < -0.4 is 11.3 Å². The summed E-state index contributed by atoms with van der Waals surface area (Å²) >= 11 is 4.56. The summed E-state index contributed by atoms with van der Waals surface area (Å²) in [5.74, 6) is 4.96. The van der Waals surface area contributed by atoms with Gasteiger partial charge in [-0.15, -0.1) is 11.3 Å². The van der Waals surface area contributed by atoms with Gasteiger partial charge in [0.15, 0.2) is 0 Å². The lowest BCUT2D eigenvalue weighted by atomic mass is 10.0. The Morgan fingerprint density at radius 1 is 1.14 bits per heavy atom. The van der Waals surface area contributed by atoms with Gasteiger partial charge in [0, 0.05) is 15.1 Å². The van der Waals surface area contributed by atoms with Crippen LogP contribution >= 0.6 is 27.3 Å². The lowest BCUT2D eigenvalue weighted by molar-refractivity contribution is 0.560. The van der Waals surface area contributed by atoms with E-state index in [0.717, 1.165) is 15.0 Å². The zero-order chi connectivity index (χ0) is 15.0. The maximum atomic E-state index is 14.2. The summed E-state index contributed by atoms with van der Waals surface area (Å²) in [7, 11) is 0. The number of fused-ring (bicyclic) bond motifs is 1. The lowest BCUT2D eigenvalue weighted by Crippen LogP contribution is -2.29. The molecule has 0 aliphatic carbocycles. The van der Waals surface area contributed by atoms with Crippen molar-refractivity contribution in [3.05, 3.63) is 69.0 Å². The normalized spacial score (nSPS) is 12.8. The number of rotatable bonds is 3. The molecule has 1 unspecified atom stereocenters. The Morgan fingerprint density at radius 2 is 1.95 bits per heavy atom. The summed E-state index contributed by atoms with van der Waals surface area (Å²) in [6.07, 6.45) is 0. The van der Waals surface area contributed by atoms with Crippen LogP contribution in [0.15, 0.2) is 46.9 Å². The third-order valence-electron chi connectivity index (χ3n) is 3.24. The van der Waals surface area contributed by atoms with Crippen molar-refractivity contribution in [2.24, 2.45) is 5.84 Å². The minimum absolute atomic E-state index is 0.290. The van der Waals surface area contributed by atoms with Crippen LogP contribution in [0.25, 0.3) is 10.1 Å². The van der Waals surface area contributed by atoms with Crippen LogP contribution in [0, 0.1) is 11.6 Å². The molecule has 0 fully saturated rings. The second-order valence-electron chi connectivity index (χ2n) is 4.57. The molecule has 0 spiro atoms. The first-order valence-corrected chi connectivity index (χ1v) is 7.80. The third-order valence-corrected chi connectivity index (χ3v) is 5.02. The highest BCUT2D eigenvalue weighted by atomic mass is 79.9. The Labute approximate surface area is 132 Å². The molecule has 0 aliphatic heterocycles. The van der Waals surface area contributed by atoms with Gasteiger partial charge in [-0.25, -0.2) is 14.2 Å². The minimum atomic E-state index is -0.483. The lowest BCUT2D eigenvalue weighted by Gasteiger charge is -2.16. The fourth-order valence-corrected chi connectivity index (χ4v) is 3.79. The van der Waals surface area contributed by atoms with Crippen molar-refractivity contribution in [1.82, 2.24) is 5.43 Å². The number of hydrazine groups is 1. The molecule has 0 radical (unpaired) electrons. The van der Waals surface area contributed by atoms with Gasteiger partial charge >= 0.3 is 0 Å². The average Bonchev–Trinajstić information content (AvgIpc) is 2.87. The number of halogens is 3. The molecule has 3 N–H and O–H groups in total. The van der Waals surface area contributed by atoms with E-state index in [0.29, 0.717) is 10.0 Å². The molecule has 3 rings (SSSR count). The first-order chi connectivity index (χ1) is 10.1. The summed E-state index contributed by atoms with van der Waals surface area (Å²) in [5, 5.41) is 0.909. The van der Waals surface area contributed by atoms with Crippen molar-refractivity contribution in [2.75, 3.05) is 0 Å². The van der Waals surface area contributed by atoms with Gasteiger partial charge in [0.05, 0.1) is 10.5 Å². The van der Waals surface area contributed by atoms with Crippen LogP contribution in [-0.4, -0.2) is 0 Å².